The van der Waals surface area contributed by atoms with Crippen LogP contribution in [0.3, 0.4) is 0 Å². The molecule has 1 saturated heterocycles. The van der Waals surface area contributed by atoms with Gasteiger partial charge in [-0.1, -0.05) is 29.8 Å². The molecule has 0 saturated carbocycles. The van der Waals surface area contributed by atoms with Crippen LogP contribution in [0.15, 0.2) is 54.6 Å². The molecule has 5 rings (SSSR count). The van der Waals surface area contributed by atoms with E-state index < -0.39 is 5.41 Å². The number of hydrogen-bond donors (Lipinski definition) is 0. The third-order valence-corrected chi connectivity index (χ3v) is 6.56. The topological polar surface area (TPSA) is 57.0 Å². The molecule has 29 heavy (non-hydrogen) atoms. The highest BCUT2D eigenvalue weighted by Gasteiger charge is 2.53. The molecule has 144 valence electrons. The van der Waals surface area contributed by atoms with E-state index in [1.807, 2.05) is 24.3 Å². The first kappa shape index (κ1) is 18.1. The Hall–Kier alpha value is -2.90. The van der Waals surface area contributed by atoms with Crippen molar-refractivity contribution in [3.63, 3.8) is 0 Å². The predicted octanol–water partition coefficient (Wildman–Crippen LogP) is 5.20. The van der Waals surface area contributed by atoms with E-state index in [4.69, 9.17) is 16.6 Å². The molecule has 5 heteroatoms. The average Bonchev–Trinajstić information content (AvgIpc) is 2.77. The first-order valence-electron chi connectivity index (χ1n) is 9.99. The van der Waals surface area contributed by atoms with Crippen LogP contribution in [0.2, 0.25) is 5.02 Å². The van der Waals surface area contributed by atoms with E-state index in [0.29, 0.717) is 17.0 Å². The minimum atomic E-state index is -1.12. The lowest BCUT2D eigenvalue weighted by molar-refractivity contribution is 0.0799. The Balaban J connectivity index is 1.68. The summed E-state index contributed by atoms with van der Waals surface area (Å²) in [6, 6.07) is 19.3. The van der Waals surface area contributed by atoms with Crippen molar-refractivity contribution in [1.82, 2.24) is 4.98 Å². The smallest absolute Gasteiger partial charge is 0.185 e. The van der Waals surface area contributed by atoms with Crippen molar-refractivity contribution < 1.29 is 4.79 Å². The molecule has 0 unspecified atom stereocenters. The average molecular weight is 402 g/mol. The SMILES string of the molecule is N#C[C@@]1(C(=O)c2ccc(Cl)cc2)Cc2cc3ccccc3nc2N2CCCC[C@@H]21. The number of carbonyl (C=O) groups excluding carboxylic acids is 1. The van der Waals surface area contributed by atoms with Gasteiger partial charge in [-0.15, -0.1) is 0 Å². The van der Waals surface area contributed by atoms with Crippen LogP contribution in [0.4, 0.5) is 5.82 Å². The fraction of sp³-hybridized carbons (Fsp3) is 0.292. The van der Waals surface area contributed by atoms with Gasteiger partial charge in [-0.25, -0.2) is 4.98 Å². The van der Waals surface area contributed by atoms with Crippen LogP contribution in [0, 0.1) is 16.7 Å². The summed E-state index contributed by atoms with van der Waals surface area (Å²) in [5.74, 6) is 0.815. The number of ketones is 1. The number of pyridine rings is 1. The Morgan fingerprint density at radius 3 is 2.76 bits per heavy atom. The van der Waals surface area contributed by atoms with Crippen LogP contribution in [-0.2, 0) is 6.42 Å². The maximum Gasteiger partial charge on any atom is 0.185 e. The zero-order valence-corrected chi connectivity index (χ0v) is 16.7. The molecule has 0 N–H and O–H groups in total. The lowest BCUT2D eigenvalue weighted by Gasteiger charge is -2.49. The Kier molecular flexibility index (Phi) is 4.29. The second-order valence-electron chi connectivity index (χ2n) is 7.96. The Morgan fingerprint density at radius 2 is 1.97 bits per heavy atom. The monoisotopic (exact) mass is 401 g/mol. The Labute approximate surface area is 174 Å². The van der Waals surface area contributed by atoms with E-state index in [9.17, 15) is 10.1 Å². The summed E-state index contributed by atoms with van der Waals surface area (Å²) in [6.07, 6.45) is 3.27. The molecule has 2 aromatic carbocycles. The molecule has 0 bridgehead atoms. The van der Waals surface area contributed by atoms with Gasteiger partial charge in [-0.3, -0.25) is 4.79 Å². The summed E-state index contributed by atoms with van der Waals surface area (Å²) in [7, 11) is 0. The molecule has 1 fully saturated rings. The minimum absolute atomic E-state index is 0.118. The maximum atomic E-state index is 13.7. The third-order valence-electron chi connectivity index (χ3n) is 6.30. The van der Waals surface area contributed by atoms with Gasteiger partial charge in [0, 0.05) is 28.9 Å². The van der Waals surface area contributed by atoms with Gasteiger partial charge in [0.2, 0.25) is 0 Å². The van der Waals surface area contributed by atoms with Gasteiger partial charge in [0.1, 0.15) is 11.2 Å². The Morgan fingerprint density at radius 1 is 1.17 bits per heavy atom. The van der Waals surface area contributed by atoms with Gasteiger partial charge >= 0.3 is 0 Å². The van der Waals surface area contributed by atoms with Crippen LogP contribution < -0.4 is 4.90 Å². The predicted molar refractivity (Wildman–Crippen MR) is 114 cm³/mol. The van der Waals surface area contributed by atoms with Crippen LogP contribution >= 0.6 is 11.6 Å². The molecule has 3 heterocycles. The first-order chi connectivity index (χ1) is 14.1. The molecule has 4 nitrogen and oxygen atoms in total. The van der Waals surface area contributed by atoms with E-state index in [-0.39, 0.29) is 11.8 Å². The fourth-order valence-corrected chi connectivity index (χ4v) is 5.03. The van der Waals surface area contributed by atoms with Crippen LogP contribution in [0.1, 0.15) is 35.2 Å². The van der Waals surface area contributed by atoms with Crippen molar-refractivity contribution in [2.24, 2.45) is 5.41 Å². The van der Waals surface area contributed by atoms with E-state index in [1.54, 1.807) is 24.3 Å². The third kappa shape index (κ3) is 2.81. The van der Waals surface area contributed by atoms with E-state index in [1.165, 1.54) is 0 Å². The molecule has 0 aliphatic carbocycles. The van der Waals surface area contributed by atoms with E-state index >= 15 is 0 Å². The number of Topliss-reactive ketones (excluding diaryl/α,β-unsaturated/α-hetero) is 1. The number of halogens is 1. The fourth-order valence-electron chi connectivity index (χ4n) is 4.90. The highest BCUT2D eigenvalue weighted by atomic mass is 35.5. The normalized spacial score (nSPS) is 23.2. The number of nitriles is 1. The molecule has 1 aromatic heterocycles. The van der Waals surface area contributed by atoms with Crippen molar-refractivity contribution in [3.05, 3.63) is 70.7 Å². The minimum Gasteiger partial charge on any atom is -0.351 e. The van der Waals surface area contributed by atoms with Gasteiger partial charge < -0.3 is 4.90 Å². The molecular weight excluding hydrogens is 382 g/mol. The number of benzene rings is 2. The molecule has 0 radical (unpaired) electrons. The zero-order valence-electron chi connectivity index (χ0n) is 15.9. The number of carbonyl (C=O) groups is 1. The number of para-hydroxylation sites is 1. The van der Waals surface area contributed by atoms with Gasteiger partial charge in [-0.05, 0) is 61.2 Å². The van der Waals surface area contributed by atoms with Crippen molar-refractivity contribution in [1.29, 1.82) is 5.26 Å². The van der Waals surface area contributed by atoms with Crippen molar-refractivity contribution in [2.75, 3.05) is 11.4 Å². The maximum absolute atomic E-state index is 13.7. The summed E-state index contributed by atoms with van der Waals surface area (Å²) in [5.41, 5.74) is 1.35. The van der Waals surface area contributed by atoms with Gasteiger partial charge in [0.05, 0.1) is 17.6 Å². The van der Waals surface area contributed by atoms with Crippen molar-refractivity contribution >= 4 is 34.1 Å². The molecular formula is C24H20ClN3O. The lowest BCUT2D eigenvalue weighted by atomic mass is 9.66. The van der Waals surface area contributed by atoms with Crippen molar-refractivity contribution in [3.8, 4) is 6.07 Å². The van der Waals surface area contributed by atoms with Gasteiger partial charge in [-0.2, -0.15) is 5.26 Å². The summed E-state index contributed by atoms with van der Waals surface area (Å²) in [4.78, 5) is 20.8. The molecule has 0 amide bonds. The van der Waals surface area contributed by atoms with Gasteiger partial charge in [0.15, 0.2) is 5.78 Å². The zero-order chi connectivity index (χ0) is 20.0. The summed E-state index contributed by atoms with van der Waals surface area (Å²) in [5, 5.41) is 12.0. The summed E-state index contributed by atoms with van der Waals surface area (Å²) in [6.45, 7) is 0.820. The summed E-state index contributed by atoms with van der Waals surface area (Å²) < 4.78 is 0. The quantitative estimate of drug-likeness (QED) is 0.554. The standard InChI is InChI=1S/C24H20ClN3O/c25-19-10-8-16(9-11-19)22(29)24(15-26)14-18-13-17-5-1-2-6-20(17)27-23(18)28-12-4-3-7-21(24)28/h1-2,5-6,8-11,13,21H,3-4,7,12,14H2/t21-,24+/m1/s1. The van der Waals surface area contributed by atoms with Crippen LogP contribution in [0.25, 0.3) is 10.9 Å². The van der Waals surface area contributed by atoms with E-state index in [2.05, 4.69) is 17.0 Å². The molecule has 3 aromatic rings. The van der Waals surface area contributed by atoms with E-state index in [0.717, 1.165) is 48.1 Å². The summed E-state index contributed by atoms with van der Waals surface area (Å²) >= 11 is 6.01. The number of piperidine rings is 1. The largest absolute Gasteiger partial charge is 0.351 e. The number of fused-ring (bicyclic) bond motifs is 4. The van der Waals surface area contributed by atoms with Gasteiger partial charge in [0.25, 0.3) is 0 Å². The Bertz CT molecular complexity index is 1150. The highest BCUT2D eigenvalue weighted by Crippen LogP contribution is 2.46. The molecule has 2 aliphatic rings. The number of rotatable bonds is 2. The lowest BCUT2D eigenvalue weighted by Crippen LogP contribution is -2.58. The molecule has 2 aliphatic heterocycles. The highest BCUT2D eigenvalue weighted by molar-refractivity contribution is 6.30. The second-order valence-corrected chi connectivity index (χ2v) is 8.40. The number of aromatic nitrogens is 1. The number of nitrogens with zero attached hydrogens (tertiary/aromatic N) is 3. The first-order valence-corrected chi connectivity index (χ1v) is 10.4. The number of hydrogen-bond acceptors (Lipinski definition) is 4. The van der Waals surface area contributed by atoms with Crippen LogP contribution in [-0.4, -0.2) is 23.4 Å². The second kappa shape index (κ2) is 6.86. The van der Waals surface area contributed by atoms with Crippen molar-refractivity contribution in [2.45, 2.75) is 31.7 Å². The molecule has 2 atom stereocenters. The number of anilines is 1. The van der Waals surface area contributed by atoms with Crippen LogP contribution in [0.5, 0.6) is 0 Å². The molecule has 0 spiro atoms.